The maximum absolute atomic E-state index is 12.7. The Balaban J connectivity index is 1.50. The molecule has 0 fully saturated rings. The number of carbonyl (C=O) groups is 1. The predicted molar refractivity (Wildman–Crippen MR) is 89.4 cm³/mol. The van der Waals surface area contributed by atoms with E-state index < -0.39 is 0 Å². The molecule has 0 N–H and O–H groups in total. The highest BCUT2D eigenvalue weighted by Crippen LogP contribution is 2.26. The zero-order chi connectivity index (χ0) is 17.4. The molecule has 0 saturated heterocycles. The fourth-order valence-corrected chi connectivity index (χ4v) is 3.14. The van der Waals surface area contributed by atoms with Crippen LogP contribution in [0.2, 0.25) is 0 Å². The quantitative estimate of drug-likeness (QED) is 0.733. The number of aromatic nitrogens is 3. The van der Waals surface area contributed by atoms with Gasteiger partial charge in [0.15, 0.2) is 11.6 Å². The van der Waals surface area contributed by atoms with Crippen molar-refractivity contribution < 1.29 is 13.9 Å². The second kappa shape index (κ2) is 6.08. The lowest BCUT2D eigenvalue weighted by Gasteiger charge is -2.31. The molecule has 0 saturated carbocycles. The highest BCUT2D eigenvalue weighted by atomic mass is 16.6. The van der Waals surface area contributed by atoms with E-state index in [1.165, 1.54) is 0 Å². The summed E-state index contributed by atoms with van der Waals surface area (Å²) in [5.41, 5.74) is 0. The molecular formula is C18H18N4O3. The number of hydrogen-bond acceptors (Lipinski definition) is 5. The molecule has 7 heteroatoms. The van der Waals surface area contributed by atoms with Crippen LogP contribution in [0.4, 0.5) is 0 Å². The molecule has 128 valence electrons. The summed E-state index contributed by atoms with van der Waals surface area (Å²) in [6, 6.07) is 12.7. The largest absolute Gasteiger partial charge is 0.426 e. The number of aryl methyl sites for hydroxylation is 1. The van der Waals surface area contributed by atoms with E-state index >= 15 is 0 Å². The predicted octanol–water partition coefficient (Wildman–Crippen LogP) is 3.19. The summed E-state index contributed by atoms with van der Waals surface area (Å²) < 4.78 is 13.3. The van der Waals surface area contributed by atoms with E-state index in [4.69, 9.17) is 9.15 Å². The van der Waals surface area contributed by atoms with Gasteiger partial charge in [0.2, 0.25) is 0 Å². The van der Waals surface area contributed by atoms with Crippen molar-refractivity contribution in [1.29, 1.82) is 0 Å². The number of para-hydroxylation sites is 1. The first-order valence-electron chi connectivity index (χ1n) is 8.14. The van der Waals surface area contributed by atoms with E-state index in [1.54, 1.807) is 17.0 Å². The summed E-state index contributed by atoms with van der Waals surface area (Å²) in [4.78, 5) is 14.5. The molecule has 1 atom stereocenters. The number of rotatable bonds is 3. The van der Waals surface area contributed by atoms with E-state index in [1.807, 2.05) is 44.2 Å². The Hall–Kier alpha value is -3.09. The molecule has 2 aromatic heterocycles. The van der Waals surface area contributed by atoms with Crippen LogP contribution in [0.1, 0.15) is 35.2 Å². The van der Waals surface area contributed by atoms with Crippen LogP contribution in [0.3, 0.4) is 0 Å². The first-order valence-corrected chi connectivity index (χ1v) is 8.14. The van der Waals surface area contributed by atoms with E-state index in [0.29, 0.717) is 24.8 Å². The van der Waals surface area contributed by atoms with Crippen molar-refractivity contribution in [3.8, 4) is 11.7 Å². The molecule has 7 nitrogen and oxygen atoms in total. The van der Waals surface area contributed by atoms with Gasteiger partial charge in [-0.2, -0.15) is 0 Å². The second-order valence-corrected chi connectivity index (χ2v) is 6.10. The molecule has 0 unspecified atom stereocenters. The van der Waals surface area contributed by atoms with Gasteiger partial charge in [-0.25, -0.2) is 0 Å². The van der Waals surface area contributed by atoms with Gasteiger partial charge in [0, 0.05) is 12.6 Å². The maximum atomic E-state index is 12.7. The van der Waals surface area contributed by atoms with Crippen LogP contribution in [0.25, 0.3) is 0 Å². The molecule has 1 amide bonds. The Morgan fingerprint density at radius 3 is 2.80 bits per heavy atom. The van der Waals surface area contributed by atoms with Gasteiger partial charge in [0.1, 0.15) is 11.6 Å². The molecular weight excluding hydrogens is 320 g/mol. The summed E-state index contributed by atoms with van der Waals surface area (Å²) >= 11 is 0. The fraction of sp³-hybridized carbons (Fsp3) is 0.278. The summed E-state index contributed by atoms with van der Waals surface area (Å²) in [6.45, 7) is 4.97. The molecule has 25 heavy (non-hydrogen) atoms. The van der Waals surface area contributed by atoms with Crippen LogP contribution in [-0.4, -0.2) is 32.1 Å². The molecule has 1 aliphatic rings. The summed E-state index contributed by atoms with van der Waals surface area (Å²) in [6.07, 6.45) is 0. The molecule has 4 rings (SSSR count). The van der Waals surface area contributed by atoms with Crippen LogP contribution in [0, 0.1) is 6.92 Å². The zero-order valence-corrected chi connectivity index (χ0v) is 14.0. The second-order valence-electron chi connectivity index (χ2n) is 6.10. The van der Waals surface area contributed by atoms with Crippen molar-refractivity contribution in [2.24, 2.45) is 0 Å². The lowest BCUT2D eigenvalue weighted by atomic mass is 10.2. The van der Waals surface area contributed by atoms with Crippen LogP contribution < -0.4 is 4.74 Å². The number of benzene rings is 1. The van der Waals surface area contributed by atoms with Gasteiger partial charge < -0.3 is 18.6 Å². The monoisotopic (exact) mass is 338 g/mol. The standard InChI is InChI=1S/C18H18N4O3/c1-12-10-21(11-16-20-19-13(2)22(12)16)18(23)15-8-9-17(25-15)24-14-6-4-3-5-7-14/h3-9,12H,10-11H2,1-2H3/t12-/m1/s1. The fourth-order valence-electron chi connectivity index (χ4n) is 3.14. The molecule has 0 spiro atoms. The van der Waals surface area contributed by atoms with E-state index in [0.717, 1.165) is 11.6 Å². The van der Waals surface area contributed by atoms with Crippen LogP contribution >= 0.6 is 0 Å². The molecule has 1 aromatic carbocycles. The van der Waals surface area contributed by atoms with E-state index in [-0.39, 0.29) is 17.7 Å². The minimum Gasteiger partial charge on any atom is -0.426 e. The van der Waals surface area contributed by atoms with Crippen LogP contribution in [0.5, 0.6) is 11.7 Å². The van der Waals surface area contributed by atoms with Crippen LogP contribution in [-0.2, 0) is 6.54 Å². The lowest BCUT2D eigenvalue weighted by molar-refractivity contribution is 0.0643. The number of amides is 1. The van der Waals surface area contributed by atoms with E-state index in [9.17, 15) is 4.79 Å². The topological polar surface area (TPSA) is 73.4 Å². The minimum absolute atomic E-state index is 0.123. The number of fused-ring (bicyclic) bond motifs is 1. The number of carbonyl (C=O) groups excluding carboxylic acids is 1. The molecule has 3 aromatic rings. The highest BCUT2D eigenvalue weighted by molar-refractivity contribution is 5.91. The zero-order valence-electron chi connectivity index (χ0n) is 14.0. The average molecular weight is 338 g/mol. The number of ether oxygens (including phenoxy) is 1. The first-order chi connectivity index (χ1) is 12.1. The summed E-state index contributed by atoms with van der Waals surface area (Å²) in [7, 11) is 0. The Morgan fingerprint density at radius 1 is 1.20 bits per heavy atom. The third-order valence-corrected chi connectivity index (χ3v) is 4.24. The number of hydrogen-bond donors (Lipinski definition) is 0. The third kappa shape index (κ3) is 2.88. The van der Waals surface area contributed by atoms with E-state index in [2.05, 4.69) is 14.8 Å². The molecule has 1 aliphatic heterocycles. The van der Waals surface area contributed by atoms with Crippen molar-refractivity contribution in [3.05, 3.63) is 59.9 Å². The first kappa shape index (κ1) is 15.4. The minimum atomic E-state index is -0.179. The van der Waals surface area contributed by atoms with Gasteiger partial charge >= 0.3 is 0 Å². The Labute approximate surface area is 144 Å². The van der Waals surface area contributed by atoms with Gasteiger partial charge in [-0.05, 0) is 32.0 Å². The third-order valence-electron chi connectivity index (χ3n) is 4.24. The average Bonchev–Trinajstić information content (AvgIpc) is 3.22. The number of nitrogens with zero attached hydrogens (tertiary/aromatic N) is 4. The van der Waals surface area contributed by atoms with Crippen molar-refractivity contribution in [2.75, 3.05) is 6.54 Å². The highest BCUT2D eigenvalue weighted by Gasteiger charge is 2.30. The van der Waals surface area contributed by atoms with Gasteiger partial charge in [0.05, 0.1) is 12.6 Å². The molecule has 0 aliphatic carbocycles. The van der Waals surface area contributed by atoms with Gasteiger partial charge in [-0.15, -0.1) is 10.2 Å². The molecule has 0 radical (unpaired) electrons. The maximum Gasteiger partial charge on any atom is 0.290 e. The van der Waals surface area contributed by atoms with Crippen molar-refractivity contribution >= 4 is 5.91 Å². The van der Waals surface area contributed by atoms with Crippen LogP contribution in [0.15, 0.2) is 46.9 Å². The normalized spacial score (nSPS) is 16.6. The smallest absolute Gasteiger partial charge is 0.290 e. The number of furan rings is 1. The molecule has 3 heterocycles. The van der Waals surface area contributed by atoms with Crippen molar-refractivity contribution in [2.45, 2.75) is 26.4 Å². The molecule has 0 bridgehead atoms. The Kier molecular flexibility index (Phi) is 3.76. The van der Waals surface area contributed by atoms with Gasteiger partial charge in [-0.1, -0.05) is 18.2 Å². The van der Waals surface area contributed by atoms with Crippen molar-refractivity contribution in [3.63, 3.8) is 0 Å². The van der Waals surface area contributed by atoms with Gasteiger partial charge in [-0.3, -0.25) is 4.79 Å². The van der Waals surface area contributed by atoms with Crippen molar-refractivity contribution in [1.82, 2.24) is 19.7 Å². The SMILES string of the molecule is Cc1nnc2n1[C@H](C)CN(C(=O)c1ccc(Oc3ccccc3)o1)C2. The summed E-state index contributed by atoms with van der Waals surface area (Å²) in [5.74, 6) is 2.68. The summed E-state index contributed by atoms with van der Waals surface area (Å²) in [5, 5.41) is 8.26. The van der Waals surface area contributed by atoms with Gasteiger partial charge in [0.25, 0.3) is 11.9 Å². The lowest BCUT2D eigenvalue weighted by Crippen LogP contribution is -2.40. The Morgan fingerprint density at radius 2 is 2.00 bits per heavy atom. The Bertz CT molecular complexity index is 900.